The fraction of sp³-hybridized carbons (Fsp3) is 0.0500. The van der Waals surface area contributed by atoms with Gasteiger partial charge in [-0.15, -0.1) is 5.10 Å². The largest absolute Gasteiger partial charge is 0.496 e. The Morgan fingerprint density at radius 3 is 2.59 bits per heavy atom. The molecule has 144 valence electrons. The predicted molar refractivity (Wildman–Crippen MR) is 106 cm³/mol. The standard InChI is InChI=1S/C20H16N6O3/c1-29-16-10-6-5-9-14(16)18-21-20(24-23-18)22-19(28)15-11-12-17(27)26(25-15)13-7-3-2-4-8-13/h2-12H,1H3,(H2,21,22,23,24,28). The van der Waals surface area contributed by atoms with Crippen molar-refractivity contribution >= 4 is 11.9 Å². The van der Waals surface area contributed by atoms with Crippen LogP contribution < -0.4 is 15.6 Å². The third-order valence-electron chi connectivity index (χ3n) is 4.11. The van der Waals surface area contributed by atoms with Crippen LogP contribution in [0, 0.1) is 0 Å². The summed E-state index contributed by atoms with van der Waals surface area (Å²) in [5.74, 6) is 0.605. The van der Waals surface area contributed by atoms with Gasteiger partial charge in [0.25, 0.3) is 11.5 Å². The molecule has 9 heteroatoms. The maximum Gasteiger partial charge on any atom is 0.278 e. The number of methoxy groups -OCH3 is 1. The molecule has 0 aliphatic rings. The maximum absolute atomic E-state index is 12.6. The number of anilines is 1. The Hall–Kier alpha value is -4.27. The van der Waals surface area contributed by atoms with E-state index < -0.39 is 5.91 Å². The minimum Gasteiger partial charge on any atom is -0.496 e. The van der Waals surface area contributed by atoms with Crippen LogP contribution in [0.4, 0.5) is 5.95 Å². The van der Waals surface area contributed by atoms with Crippen molar-refractivity contribution in [1.82, 2.24) is 25.0 Å². The molecular formula is C20H16N6O3. The number of hydrogen-bond donors (Lipinski definition) is 2. The molecule has 0 fully saturated rings. The van der Waals surface area contributed by atoms with Crippen LogP contribution in [-0.4, -0.2) is 38.0 Å². The minimum absolute atomic E-state index is 0.0529. The van der Waals surface area contributed by atoms with Gasteiger partial charge in [0.2, 0.25) is 5.95 Å². The zero-order chi connectivity index (χ0) is 20.2. The average molecular weight is 388 g/mol. The van der Waals surface area contributed by atoms with Gasteiger partial charge in [-0.25, -0.2) is 0 Å². The third kappa shape index (κ3) is 3.74. The average Bonchev–Trinajstić information content (AvgIpc) is 3.22. The molecule has 2 heterocycles. The molecule has 9 nitrogen and oxygen atoms in total. The van der Waals surface area contributed by atoms with Gasteiger partial charge in [0.1, 0.15) is 11.4 Å². The quantitative estimate of drug-likeness (QED) is 0.542. The van der Waals surface area contributed by atoms with Crippen LogP contribution in [0.2, 0.25) is 0 Å². The topological polar surface area (TPSA) is 115 Å². The number of carbonyl (C=O) groups excluding carboxylic acids is 1. The van der Waals surface area contributed by atoms with Crippen LogP contribution in [0.25, 0.3) is 17.1 Å². The number of carbonyl (C=O) groups is 1. The van der Waals surface area contributed by atoms with Crippen molar-refractivity contribution in [3.05, 3.63) is 82.8 Å². The van der Waals surface area contributed by atoms with Crippen molar-refractivity contribution in [2.24, 2.45) is 0 Å². The molecule has 0 bridgehead atoms. The molecular weight excluding hydrogens is 372 g/mol. The first-order valence-corrected chi connectivity index (χ1v) is 8.68. The molecule has 0 aliphatic carbocycles. The zero-order valence-corrected chi connectivity index (χ0v) is 15.4. The smallest absolute Gasteiger partial charge is 0.278 e. The molecule has 2 aromatic heterocycles. The zero-order valence-electron chi connectivity index (χ0n) is 15.4. The number of ether oxygens (including phenoxy) is 1. The van der Waals surface area contributed by atoms with Crippen LogP contribution >= 0.6 is 0 Å². The summed E-state index contributed by atoms with van der Waals surface area (Å²) in [6, 6.07) is 18.8. The first-order valence-electron chi connectivity index (χ1n) is 8.68. The lowest BCUT2D eigenvalue weighted by atomic mass is 10.2. The van der Waals surface area contributed by atoms with E-state index in [1.165, 1.54) is 12.1 Å². The number of rotatable bonds is 5. The van der Waals surface area contributed by atoms with E-state index in [0.29, 0.717) is 22.8 Å². The van der Waals surface area contributed by atoms with Gasteiger partial charge >= 0.3 is 0 Å². The molecule has 2 aromatic carbocycles. The highest BCUT2D eigenvalue weighted by Crippen LogP contribution is 2.27. The molecule has 0 aliphatic heterocycles. The van der Waals surface area contributed by atoms with Gasteiger partial charge in [0, 0.05) is 6.07 Å². The van der Waals surface area contributed by atoms with Crippen molar-refractivity contribution < 1.29 is 9.53 Å². The number of nitrogens with zero attached hydrogens (tertiary/aromatic N) is 4. The van der Waals surface area contributed by atoms with Crippen LogP contribution in [0.3, 0.4) is 0 Å². The first-order chi connectivity index (χ1) is 14.2. The highest BCUT2D eigenvalue weighted by molar-refractivity contribution is 6.01. The van der Waals surface area contributed by atoms with Gasteiger partial charge in [-0.2, -0.15) is 14.8 Å². The molecule has 29 heavy (non-hydrogen) atoms. The number of hydrogen-bond acceptors (Lipinski definition) is 6. The monoisotopic (exact) mass is 388 g/mol. The number of aromatic nitrogens is 5. The highest BCUT2D eigenvalue weighted by Gasteiger charge is 2.15. The summed E-state index contributed by atoms with van der Waals surface area (Å²) in [5, 5.41) is 13.5. The SMILES string of the molecule is COc1ccccc1-c1nc(NC(=O)c2ccc(=O)n(-c3ccccc3)n2)n[nH]1. The van der Waals surface area contributed by atoms with Crippen molar-refractivity contribution in [2.45, 2.75) is 0 Å². The van der Waals surface area contributed by atoms with Crippen molar-refractivity contribution in [1.29, 1.82) is 0 Å². The predicted octanol–water partition coefficient (Wildman–Crippen LogP) is 2.28. The Morgan fingerprint density at radius 1 is 1.03 bits per heavy atom. The molecule has 0 atom stereocenters. The van der Waals surface area contributed by atoms with Gasteiger partial charge in [0.15, 0.2) is 5.82 Å². The lowest BCUT2D eigenvalue weighted by Crippen LogP contribution is -2.25. The maximum atomic E-state index is 12.6. The van der Waals surface area contributed by atoms with Gasteiger partial charge < -0.3 is 4.74 Å². The summed E-state index contributed by atoms with van der Waals surface area (Å²) < 4.78 is 6.47. The summed E-state index contributed by atoms with van der Waals surface area (Å²) >= 11 is 0. The van der Waals surface area contributed by atoms with Gasteiger partial charge in [-0.3, -0.25) is 20.0 Å². The molecule has 0 saturated carbocycles. The van der Waals surface area contributed by atoms with E-state index >= 15 is 0 Å². The number of H-pyrrole nitrogens is 1. The molecule has 2 N–H and O–H groups in total. The van der Waals surface area contributed by atoms with E-state index in [1.807, 2.05) is 24.3 Å². The Labute approximate surface area is 165 Å². The van der Waals surface area contributed by atoms with E-state index in [1.54, 1.807) is 37.4 Å². The third-order valence-corrected chi connectivity index (χ3v) is 4.11. The van der Waals surface area contributed by atoms with Crippen molar-refractivity contribution in [2.75, 3.05) is 12.4 Å². The molecule has 0 radical (unpaired) electrons. The molecule has 0 spiro atoms. The normalized spacial score (nSPS) is 10.5. The van der Waals surface area contributed by atoms with Gasteiger partial charge in [-0.1, -0.05) is 30.3 Å². The van der Waals surface area contributed by atoms with E-state index in [0.717, 1.165) is 4.68 Å². The van der Waals surface area contributed by atoms with E-state index in [-0.39, 0.29) is 17.2 Å². The second kappa shape index (κ2) is 7.77. The molecule has 4 aromatic rings. The van der Waals surface area contributed by atoms with E-state index in [2.05, 4.69) is 25.6 Å². The summed E-state index contributed by atoms with van der Waals surface area (Å²) in [5.41, 5.74) is 0.975. The van der Waals surface area contributed by atoms with Crippen LogP contribution in [0.5, 0.6) is 5.75 Å². The summed E-state index contributed by atoms with van der Waals surface area (Å²) in [6.07, 6.45) is 0. The fourth-order valence-corrected chi connectivity index (χ4v) is 2.73. The highest BCUT2D eigenvalue weighted by atomic mass is 16.5. The number of nitrogens with one attached hydrogen (secondary N) is 2. The first kappa shape index (κ1) is 18.1. The molecule has 0 unspecified atom stereocenters. The second-order valence-corrected chi connectivity index (χ2v) is 5.97. The van der Waals surface area contributed by atoms with E-state index in [4.69, 9.17) is 4.74 Å². The summed E-state index contributed by atoms with van der Waals surface area (Å²) in [4.78, 5) is 28.9. The Morgan fingerprint density at radius 2 is 1.79 bits per heavy atom. The summed E-state index contributed by atoms with van der Waals surface area (Å²) in [7, 11) is 1.56. The molecule has 0 saturated heterocycles. The Balaban J connectivity index is 1.58. The number of aromatic amines is 1. The lowest BCUT2D eigenvalue weighted by molar-refractivity contribution is 0.101. The fourth-order valence-electron chi connectivity index (χ4n) is 2.73. The Bertz CT molecular complexity index is 1220. The van der Waals surface area contributed by atoms with Gasteiger partial charge in [0.05, 0.1) is 18.4 Å². The Kier molecular flexibility index (Phi) is 4.85. The van der Waals surface area contributed by atoms with Gasteiger partial charge in [-0.05, 0) is 30.3 Å². The molecule has 4 rings (SSSR count). The van der Waals surface area contributed by atoms with E-state index in [9.17, 15) is 9.59 Å². The second-order valence-electron chi connectivity index (χ2n) is 5.97. The lowest BCUT2D eigenvalue weighted by Gasteiger charge is -2.06. The number of amides is 1. The minimum atomic E-state index is -0.541. The van der Waals surface area contributed by atoms with Crippen LogP contribution in [0.1, 0.15) is 10.5 Å². The summed E-state index contributed by atoms with van der Waals surface area (Å²) in [6.45, 7) is 0. The van der Waals surface area contributed by atoms with Crippen molar-refractivity contribution in [3.63, 3.8) is 0 Å². The molecule has 1 amide bonds. The van der Waals surface area contributed by atoms with Crippen LogP contribution in [-0.2, 0) is 0 Å². The van der Waals surface area contributed by atoms with Crippen LogP contribution in [0.15, 0.2) is 71.5 Å². The number of benzene rings is 2. The number of para-hydroxylation sites is 2. The van der Waals surface area contributed by atoms with Crippen molar-refractivity contribution in [3.8, 4) is 22.8 Å².